The third kappa shape index (κ3) is 6.01. The van der Waals surface area contributed by atoms with Crippen LogP contribution in [0, 0.1) is 5.92 Å². The molecule has 1 aliphatic rings. The van der Waals surface area contributed by atoms with Crippen molar-refractivity contribution in [2.24, 2.45) is 5.92 Å². The lowest BCUT2D eigenvalue weighted by atomic mass is 10.1. The monoisotopic (exact) mass is 440 g/mol. The maximum atomic E-state index is 13.2. The van der Waals surface area contributed by atoms with E-state index in [0.29, 0.717) is 61.3 Å². The summed E-state index contributed by atoms with van der Waals surface area (Å²) in [5, 5.41) is 0. The normalized spacial score (nSPS) is 16.0. The molecule has 32 heavy (non-hydrogen) atoms. The Morgan fingerprint density at radius 3 is 2.31 bits per heavy atom. The third-order valence-electron chi connectivity index (χ3n) is 5.34. The molecular formula is C25H32N2O5. The molecular weight excluding hydrogens is 408 g/mol. The van der Waals surface area contributed by atoms with Gasteiger partial charge in [-0.1, -0.05) is 32.0 Å². The first-order valence-electron chi connectivity index (χ1n) is 10.9. The number of amides is 2. The fourth-order valence-electron chi connectivity index (χ4n) is 3.82. The Hall–Kier alpha value is -3.06. The van der Waals surface area contributed by atoms with Gasteiger partial charge in [0.25, 0.3) is 11.8 Å². The van der Waals surface area contributed by atoms with Crippen LogP contribution in [0.15, 0.2) is 48.5 Å². The summed E-state index contributed by atoms with van der Waals surface area (Å²) in [5.41, 5.74) is 1.15. The lowest BCUT2D eigenvalue weighted by molar-refractivity contribution is -0.0340. The van der Waals surface area contributed by atoms with Gasteiger partial charge in [-0.05, 0) is 30.2 Å². The number of ether oxygens (including phenoxy) is 3. The quantitative estimate of drug-likeness (QED) is 0.630. The number of carbonyl (C=O) groups is 2. The number of nitrogens with zero attached hydrogens (tertiary/aromatic N) is 2. The molecule has 1 aliphatic heterocycles. The van der Waals surface area contributed by atoms with Gasteiger partial charge in [0.1, 0.15) is 11.5 Å². The lowest BCUT2D eigenvalue weighted by Gasteiger charge is -2.36. The van der Waals surface area contributed by atoms with Crippen molar-refractivity contribution in [3.8, 4) is 11.5 Å². The summed E-state index contributed by atoms with van der Waals surface area (Å²) in [4.78, 5) is 29.9. The number of benzene rings is 2. The summed E-state index contributed by atoms with van der Waals surface area (Å²) < 4.78 is 16.5. The molecule has 0 aromatic heterocycles. The van der Waals surface area contributed by atoms with E-state index in [1.807, 2.05) is 35.2 Å². The predicted molar refractivity (Wildman–Crippen MR) is 122 cm³/mol. The van der Waals surface area contributed by atoms with Crippen molar-refractivity contribution < 1.29 is 23.8 Å². The second kappa shape index (κ2) is 11.0. The standard InChI is InChI=1S/C25H32N2O5/c1-18(2)15-27(24(28)19-8-6-5-7-9-19)17-23-16-26(10-11-32-23)25(29)20-12-21(30-3)14-22(13-20)31-4/h5-9,12-14,18,23H,10-11,15-17H2,1-4H3. The van der Waals surface area contributed by atoms with Crippen molar-refractivity contribution in [3.63, 3.8) is 0 Å². The largest absolute Gasteiger partial charge is 0.497 e. The van der Waals surface area contributed by atoms with Gasteiger partial charge in [-0.15, -0.1) is 0 Å². The van der Waals surface area contributed by atoms with Crippen LogP contribution < -0.4 is 9.47 Å². The lowest BCUT2D eigenvalue weighted by Crippen LogP contribution is -2.51. The van der Waals surface area contributed by atoms with Crippen molar-refractivity contribution in [1.29, 1.82) is 0 Å². The van der Waals surface area contributed by atoms with Crippen LogP contribution >= 0.6 is 0 Å². The molecule has 0 N–H and O–H groups in total. The first-order valence-corrected chi connectivity index (χ1v) is 10.9. The molecule has 2 aromatic rings. The zero-order valence-corrected chi connectivity index (χ0v) is 19.2. The minimum absolute atomic E-state index is 0.0242. The summed E-state index contributed by atoms with van der Waals surface area (Å²) in [6.45, 7) is 6.54. The zero-order valence-electron chi connectivity index (χ0n) is 19.2. The summed E-state index contributed by atoms with van der Waals surface area (Å²) in [7, 11) is 3.11. The molecule has 0 bridgehead atoms. The molecule has 7 heteroatoms. The molecule has 1 heterocycles. The number of morpholine rings is 1. The van der Waals surface area contributed by atoms with Crippen molar-refractivity contribution in [2.45, 2.75) is 20.0 Å². The van der Waals surface area contributed by atoms with Crippen LogP contribution in [0.5, 0.6) is 11.5 Å². The van der Waals surface area contributed by atoms with Crippen molar-refractivity contribution in [1.82, 2.24) is 9.80 Å². The molecule has 1 saturated heterocycles. The third-order valence-corrected chi connectivity index (χ3v) is 5.34. The van der Waals surface area contributed by atoms with Crippen LogP contribution in [-0.2, 0) is 4.74 Å². The van der Waals surface area contributed by atoms with Gasteiger partial charge in [-0.25, -0.2) is 0 Å². The minimum Gasteiger partial charge on any atom is -0.497 e. The number of hydrogen-bond donors (Lipinski definition) is 0. The highest BCUT2D eigenvalue weighted by Crippen LogP contribution is 2.24. The minimum atomic E-state index is -0.258. The smallest absolute Gasteiger partial charge is 0.254 e. The average Bonchev–Trinajstić information content (AvgIpc) is 2.82. The molecule has 1 fully saturated rings. The van der Waals surface area contributed by atoms with Crippen LogP contribution in [0.2, 0.25) is 0 Å². The Bertz CT molecular complexity index is 894. The van der Waals surface area contributed by atoms with Gasteiger partial charge in [0.05, 0.1) is 26.9 Å². The SMILES string of the molecule is COc1cc(OC)cc(C(=O)N2CCOC(CN(CC(C)C)C(=O)c3ccccc3)C2)c1. The molecule has 1 unspecified atom stereocenters. The second-order valence-corrected chi connectivity index (χ2v) is 8.32. The molecule has 0 radical (unpaired) electrons. The average molecular weight is 441 g/mol. The first kappa shape index (κ1) is 23.6. The number of rotatable bonds is 8. The number of hydrogen-bond acceptors (Lipinski definition) is 5. The van der Waals surface area contributed by atoms with E-state index in [2.05, 4.69) is 13.8 Å². The number of carbonyl (C=O) groups excluding carboxylic acids is 2. The highest BCUT2D eigenvalue weighted by molar-refractivity contribution is 5.95. The van der Waals surface area contributed by atoms with Gasteiger partial charge in [0, 0.05) is 43.4 Å². The summed E-state index contributed by atoms with van der Waals surface area (Å²) in [5.74, 6) is 1.31. The van der Waals surface area contributed by atoms with Crippen LogP contribution in [0.4, 0.5) is 0 Å². The van der Waals surface area contributed by atoms with E-state index in [0.717, 1.165) is 0 Å². The van der Waals surface area contributed by atoms with Crippen molar-refractivity contribution in [2.75, 3.05) is 47.0 Å². The summed E-state index contributed by atoms with van der Waals surface area (Å²) >= 11 is 0. The first-order chi connectivity index (χ1) is 15.4. The second-order valence-electron chi connectivity index (χ2n) is 8.32. The Kier molecular flexibility index (Phi) is 8.11. The molecule has 3 rings (SSSR count). The van der Waals surface area contributed by atoms with Crippen LogP contribution in [0.3, 0.4) is 0 Å². The van der Waals surface area contributed by atoms with Gasteiger partial charge >= 0.3 is 0 Å². The molecule has 2 aromatic carbocycles. The van der Waals surface area contributed by atoms with Crippen LogP contribution in [0.1, 0.15) is 34.6 Å². The van der Waals surface area contributed by atoms with E-state index in [-0.39, 0.29) is 17.9 Å². The topological polar surface area (TPSA) is 68.3 Å². The maximum absolute atomic E-state index is 13.2. The fraction of sp³-hybridized carbons (Fsp3) is 0.440. The van der Waals surface area contributed by atoms with Crippen molar-refractivity contribution >= 4 is 11.8 Å². The van der Waals surface area contributed by atoms with Crippen LogP contribution in [-0.4, -0.2) is 74.7 Å². The van der Waals surface area contributed by atoms with E-state index < -0.39 is 0 Å². The molecule has 7 nitrogen and oxygen atoms in total. The van der Waals surface area contributed by atoms with Gasteiger partial charge in [-0.2, -0.15) is 0 Å². The van der Waals surface area contributed by atoms with E-state index in [1.54, 1.807) is 37.3 Å². The maximum Gasteiger partial charge on any atom is 0.254 e. The number of methoxy groups -OCH3 is 2. The predicted octanol–water partition coefficient (Wildman–Crippen LogP) is 3.34. The van der Waals surface area contributed by atoms with Crippen molar-refractivity contribution in [3.05, 3.63) is 59.7 Å². The van der Waals surface area contributed by atoms with Gasteiger partial charge < -0.3 is 24.0 Å². The highest BCUT2D eigenvalue weighted by atomic mass is 16.5. The zero-order chi connectivity index (χ0) is 23.1. The Balaban J connectivity index is 1.72. The molecule has 0 saturated carbocycles. The van der Waals surface area contributed by atoms with E-state index in [9.17, 15) is 9.59 Å². The van der Waals surface area contributed by atoms with Gasteiger partial charge in [0.15, 0.2) is 0 Å². The van der Waals surface area contributed by atoms with E-state index >= 15 is 0 Å². The fourth-order valence-corrected chi connectivity index (χ4v) is 3.82. The molecule has 0 aliphatic carbocycles. The van der Waals surface area contributed by atoms with E-state index in [4.69, 9.17) is 14.2 Å². The summed E-state index contributed by atoms with van der Waals surface area (Å²) in [6, 6.07) is 14.4. The molecule has 0 spiro atoms. The molecule has 172 valence electrons. The van der Waals surface area contributed by atoms with Gasteiger partial charge in [0.2, 0.25) is 0 Å². The van der Waals surface area contributed by atoms with E-state index in [1.165, 1.54) is 0 Å². The summed E-state index contributed by atoms with van der Waals surface area (Å²) in [6.07, 6.45) is -0.258. The van der Waals surface area contributed by atoms with Crippen LogP contribution in [0.25, 0.3) is 0 Å². The Labute approximate surface area is 189 Å². The molecule has 2 amide bonds. The Morgan fingerprint density at radius 2 is 1.72 bits per heavy atom. The Morgan fingerprint density at radius 1 is 1.06 bits per heavy atom. The van der Waals surface area contributed by atoms with Gasteiger partial charge in [-0.3, -0.25) is 9.59 Å². The highest BCUT2D eigenvalue weighted by Gasteiger charge is 2.29. The molecule has 1 atom stereocenters.